The van der Waals surface area contributed by atoms with Crippen LogP contribution in [-0.2, 0) is 0 Å². The number of hydrogen-bond acceptors (Lipinski definition) is 0. The zero-order valence-corrected chi connectivity index (χ0v) is 12.8. The van der Waals surface area contributed by atoms with Crippen molar-refractivity contribution in [2.45, 2.75) is 82.0 Å². The van der Waals surface area contributed by atoms with Crippen LogP contribution in [0.5, 0.6) is 0 Å². The first-order valence-electron chi connectivity index (χ1n) is 6.56. The maximum absolute atomic E-state index is 2.29. The molecule has 0 bridgehead atoms. The van der Waals surface area contributed by atoms with Gasteiger partial charge in [-0.2, -0.15) is 0 Å². The predicted octanol–water partition coefficient (Wildman–Crippen LogP) is 4.88. The second-order valence-corrected chi connectivity index (χ2v) is 5.71. The number of unbranched alkanes of at least 4 members (excludes halogenated alkanes) is 10. The normalized spacial score (nSPS) is 10.6. The zero-order chi connectivity index (χ0) is 10.5. The van der Waals surface area contributed by atoms with E-state index in [2.05, 4.69) is 6.92 Å². The fraction of sp³-hybridized carbons (Fsp3) is 1.00. The van der Waals surface area contributed by atoms with Crippen LogP contribution in [0.1, 0.15) is 77.6 Å². The average molecular weight is 302 g/mol. The molecule has 0 nitrogen and oxygen atoms in total. The van der Waals surface area contributed by atoms with Gasteiger partial charge in [0.25, 0.3) is 0 Å². The first-order valence-corrected chi connectivity index (χ1v) is 8.58. The molecule has 0 saturated carbocycles. The summed E-state index contributed by atoms with van der Waals surface area (Å²) in [5.74, 6) is 0. The van der Waals surface area contributed by atoms with E-state index >= 15 is 0 Å². The van der Waals surface area contributed by atoms with E-state index in [0.29, 0.717) is 0 Å². The summed E-state index contributed by atoms with van der Waals surface area (Å²) < 4.78 is 1.46. The Morgan fingerprint density at radius 1 is 0.571 bits per heavy atom. The van der Waals surface area contributed by atoms with Gasteiger partial charge in [0, 0.05) is 0 Å². The van der Waals surface area contributed by atoms with Crippen LogP contribution in [0.2, 0.25) is 4.44 Å². The van der Waals surface area contributed by atoms with Gasteiger partial charge in [-0.3, -0.25) is 0 Å². The Labute approximate surface area is 104 Å². The van der Waals surface area contributed by atoms with E-state index in [-0.39, 0.29) is 0 Å². The minimum absolute atomic E-state index is 1.37. The summed E-state index contributed by atoms with van der Waals surface area (Å²) in [6, 6.07) is 0. The molecule has 0 saturated heterocycles. The first-order chi connectivity index (χ1) is 6.91. The van der Waals surface area contributed by atoms with Crippen LogP contribution in [-0.4, -0.2) is 22.5 Å². The van der Waals surface area contributed by atoms with Gasteiger partial charge in [0.1, 0.15) is 0 Å². The summed E-state index contributed by atoms with van der Waals surface area (Å²) in [6.45, 7) is 2.29. The van der Waals surface area contributed by atoms with E-state index in [4.69, 9.17) is 0 Å². The molecule has 0 aliphatic heterocycles. The van der Waals surface area contributed by atoms with Crippen LogP contribution in [0.25, 0.3) is 0 Å². The SMILES string of the molecule is CCCCCCCCCCCC[CH2][Sn+]. The van der Waals surface area contributed by atoms with Crippen LogP contribution in [0.3, 0.4) is 0 Å². The molecular weight excluding hydrogens is 275 g/mol. The van der Waals surface area contributed by atoms with Crippen molar-refractivity contribution in [3.8, 4) is 0 Å². The third-order valence-corrected chi connectivity index (χ3v) is 3.79. The van der Waals surface area contributed by atoms with Gasteiger partial charge in [-0.25, -0.2) is 0 Å². The van der Waals surface area contributed by atoms with Crippen LogP contribution in [0.4, 0.5) is 0 Å². The van der Waals surface area contributed by atoms with Gasteiger partial charge in [-0.1, -0.05) is 6.92 Å². The van der Waals surface area contributed by atoms with Crippen molar-refractivity contribution in [2.24, 2.45) is 0 Å². The number of hydrogen-bond donors (Lipinski definition) is 0. The summed E-state index contributed by atoms with van der Waals surface area (Å²) in [7, 11) is 0. The molecule has 0 aliphatic carbocycles. The average Bonchev–Trinajstić information content (AvgIpc) is 2.21. The van der Waals surface area contributed by atoms with Crippen molar-refractivity contribution in [3.63, 3.8) is 0 Å². The van der Waals surface area contributed by atoms with Gasteiger partial charge in [-0.05, 0) is 0 Å². The molecule has 0 fully saturated rings. The second kappa shape index (κ2) is 13.8. The molecule has 0 aromatic carbocycles. The zero-order valence-electron chi connectivity index (χ0n) is 9.99. The van der Waals surface area contributed by atoms with Crippen molar-refractivity contribution in [1.82, 2.24) is 0 Å². The fourth-order valence-electron chi connectivity index (χ4n) is 1.79. The van der Waals surface area contributed by atoms with E-state index in [1.807, 2.05) is 0 Å². The molecule has 0 aromatic rings. The van der Waals surface area contributed by atoms with Crippen molar-refractivity contribution < 1.29 is 0 Å². The van der Waals surface area contributed by atoms with Crippen LogP contribution >= 0.6 is 0 Å². The molecular formula is C13H27Sn+. The molecule has 0 aliphatic rings. The third-order valence-electron chi connectivity index (χ3n) is 2.78. The van der Waals surface area contributed by atoms with Crippen molar-refractivity contribution >= 4 is 22.5 Å². The van der Waals surface area contributed by atoms with Gasteiger partial charge < -0.3 is 0 Å². The summed E-state index contributed by atoms with van der Waals surface area (Å²) in [5.41, 5.74) is 0. The summed E-state index contributed by atoms with van der Waals surface area (Å²) in [5, 5.41) is 0. The molecule has 0 heterocycles. The van der Waals surface area contributed by atoms with Crippen LogP contribution in [0.15, 0.2) is 0 Å². The molecule has 0 atom stereocenters. The molecule has 2 radical (unpaired) electrons. The molecule has 0 aromatic heterocycles. The Morgan fingerprint density at radius 2 is 0.929 bits per heavy atom. The molecule has 1 heteroatoms. The molecule has 0 rings (SSSR count). The van der Waals surface area contributed by atoms with Gasteiger partial charge in [-0.15, -0.1) is 0 Å². The Morgan fingerprint density at radius 3 is 1.29 bits per heavy atom. The first kappa shape index (κ1) is 14.8. The molecule has 82 valence electrons. The van der Waals surface area contributed by atoms with Crippen LogP contribution in [0, 0.1) is 0 Å². The second-order valence-electron chi connectivity index (χ2n) is 4.29. The maximum atomic E-state index is 2.29. The quantitative estimate of drug-likeness (QED) is 0.377. The summed E-state index contributed by atoms with van der Waals surface area (Å²) in [4.78, 5) is 0. The van der Waals surface area contributed by atoms with Crippen LogP contribution < -0.4 is 0 Å². The predicted molar refractivity (Wildman–Crippen MR) is 67.0 cm³/mol. The molecule has 0 N–H and O–H groups in total. The van der Waals surface area contributed by atoms with Crippen molar-refractivity contribution in [1.29, 1.82) is 0 Å². The van der Waals surface area contributed by atoms with E-state index in [9.17, 15) is 0 Å². The van der Waals surface area contributed by atoms with Gasteiger partial charge >= 0.3 is 97.6 Å². The summed E-state index contributed by atoms with van der Waals surface area (Å²) in [6.07, 6.45) is 16.2. The van der Waals surface area contributed by atoms with Crippen molar-refractivity contribution in [3.05, 3.63) is 0 Å². The monoisotopic (exact) mass is 303 g/mol. The Bertz CT molecular complexity index is 79.2. The van der Waals surface area contributed by atoms with E-state index < -0.39 is 0 Å². The van der Waals surface area contributed by atoms with E-state index in [1.54, 1.807) is 22.5 Å². The molecule has 14 heavy (non-hydrogen) atoms. The van der Waals surface area contributed by atoms with E-state index in [1.165, 1.54) is 75.1 Å². The van der Waals surface area contributed by atoms with Gasteiger partial charge in [0.15, 0.2) is 0 Å². The fourth-order valence-corrected chi connectivity index (χ4v) is 2.50. The van der Waals surface area contributed by atoms with E-state index in [0.717, 1.165) is 0 Å². The number of rotatable bonds is 11. The minimum atomic E-state index is 1.37. The Hall–Kier alpha value is 0.799. The van der Waals surface area contributed by atoms with Crippen molar-refractivity contribution in [2.75, 3.05) is 0 Å². The molecule has 0 unspecified atom stereocenters. The van der Waals surface area contributed by atoms with Gasteiger partial charge in [0.2, 0.25) is 0 Å². The Balaban J connectivity index is 2.78. The molecule has 0 amide bonds. The molecule has 0 spiro atoms. The topological polar surface area (TPSA) is 0 Å². The third kappa shape index (κ3) is 12.8. The summed E-state index contributed by atoms with van der Waals surface area (Å²) >= 11 is 1.72. The Kier molecular flexibility index (Phi) is 14.6. The standard InChI is InChI=1S/C13H27.Sn/c1-3-5-7-9-11-13-12-10-8-6-4-2;/h1,3-13H2,2H3;/q;+1. The van der Waals surface area contributed by atoms with Gasteiger partial charge in [0.05, 0.1) is 0 Å².